The largest absolute Gasteiger partial charge is 0.497 e. The van der Waals surface area contributed by atoms with Crippen LogP contribution in [0.15, 0.2) is 41.8 Å². The summed E-state index contributed by atoms with van der Waals surface area (Å²) in [6.45, 7) is 4.68. The van der Waals surface area contributed by atoms with Crippen molar-refractivity contribution in [2.75, 3.05) is 39.8 Å². The Morgan fingerprint density at radius 2 is 2.00 bits per heavy atom. The van der Waals surface area contributed by atoms with Gasteiger partial charge in [0.2, 0.25) is 0 Å². The fourth-order valence-corrected chi connectivity index (χ4v) is 3.76. The van der Waals surface area contributed by atoms with Gasteiger partial charge in [0.1, 0.15) is 5.75 Å². The maximum absolute atomic E-state index is 12.3. The van der Waals surface area contributed by atoms with Crippen molar-refractivity contribution in [2.24, 2.45) is 0 Å². The highest BCUT2D eigenvalue weighted by molar-refractivity contribution is 7.12. The summed E-state index contributed by atoms with van der Waals surface area (Å²) in [5.74, 6) is 1.11. The van der Waals surface area contributed by atoms with Crippen LogP contribution in [0.4, 0.5) is 0 Å². The minimum absolute atomic E-state index is 0.182. The summed E-state index contributed by atoms with van der Waals surface area (Å²) < 4.78 is 5.27. The van der Waals surface area contributed by atoms with Crippen molar-refractivity contribution in [1.29, 1.82) is 0 Å². The molecule has 0 spiro atoms. The summed E-state index contributed by atoms with van der Waals surface area (Å²) >= 11 is 1.52. The van der Waals surface area contributed by atoms with E-state index < -0.39 is 0 Å². The van der Waals surface area contributed by atoms with E-state index in [4.69, 9.17) is 4.74 Å². The Hall–Kier alpha value is -1.85. The molecule has 0 atom stereocenters. The fraction of sp³-hybridized carbons (Fsp3) is 0.421. The first-order valence-corrected chi connectivity index (χ1v) is 9.32. The molecule has 24 heavy (non-hydrogen) atoms. The lowest BCUT2D eigenvalue weighted by Crippen LogP contribution is -2.48. The summed E-state index contributed by atoms with van der Waals surface area (Å²) in [7, 11) is 1.70. The molecule has 5 heteroatoms. The number of rotatable bonds is 6. The zero-order valence-corrected chi connectivity index (χ0v) is 14.9. The van der Waals surface area contributed by atoms with Crippen LogP contribution < -0.4 is 4.74 Å². The van der Waals surface area contributed by atoms with E-state index >= 15 is 0 Å². The highest BCUT2D eigenvalue weighted by Crippen LogP contribution is 2.16. The van der Waals surface area contributed by atoms with Crippen LogP contribution >= 0.6 is 11.3 Å². The first kappa shape index (κ1) is 17.0. The Labute approximate surface area is 147 Å². The average Bonchev–Trinajstić information content (AvgIpc) is 3.16. The summed E-state index contributed by atoms with van der Waals surface area (Å²) in [4.78, 5) is 17.6. The van der Waals surface area contributed by atoms with Gasteiger partial charge in [-0.1, -0.05) is 18.2 Å². The van der Waals surface area contributed by atoms with Crippen molar-refractivity contribution in [2.45, 2.75) is 12.8 Å². The third-order valence-electron chi connectivity index (χ3n) is 4.47. The Morgan fingerprint density at radius 3 is 2.71 bits per heavy atom. The number of thiophene rings is 1. The quantitative estimate of drug-likeness (QED) is 0.807. The van der Waals surface area contributed by atoms with Crippen LogP contribution in [0.5, 0.6) is 5.75 Å². The lowest BCUT2D eigenvalue weighted by Gasteiger charge is -2.34. The van der Waals surface area contributed by atoms with Crippen molar-refractivity contribution in [3.8, 4) is 5.75 Å². The average molecular weight is 344 g/mol. The number of hydrogen-bond acceptors (Lipinski definition) is 4. The molecule has 3 rings (SSSR count). The molecule has 1 saturated heterocycles. The molecule has 0 saturated carbocycles. The van der Waals surface area contributed by atoms with Crippen LogP contribution in [0.2, 0.25) is 0 Å². The minimum Gasteiger partial charge on any atom is -0.497 e. The van der Waals surface area contributed by atoms with Gasteiger partial charge in [-0.2, -0.15) is 0 Å². The molecule has 0 aliphatic carbocycles. The molecule has 0 N–H and O–H groups in total. The van der Waals surface area contributed by atoms with Gasteiger partial charge in [-0.05, 0) is 48.5 Å². The van der Waals surface area contributed by atoms with Crippen LogP contribution in [0, 0.1) is 0 Å². The summed E-state index contributed by atoms with van der Waals surface area (Å²) in [6, 6.07) is 12.1. The van der Waals surface area contributed by atoms with Gasteiger partial charge in [0.05, 0.1) is 12.0 Å². The highest BCUT2D eigenvalue weighted by Gasteiger charge is 2.22. The predicted octanol–water partition coefficient (Wildman–Crippen LogP) is 3.15. The van der Waals surface area contributed by atoms with Crippen LogP contribution in [0.3, 0.4) is 0 Å². The molecule has 0 radical (unpaired) electrons. The molecule has 2 heterocycles. The van der Waals surface area contributed by atoms with Crippen LogP contribution in [0.1, 0.15) is 21.7 Å². The molecule has 1 amide bonds. The van der Waals surface area contributed by atoms with E-state index in [9.17, 15) is 4.79 Å². The van der Waals surface area contributed by atoms with E-state index in [2.05, 4.69) is 17.0 Å². The number of carbonyl (C=O) groups is 1. The zero-order chi connectivity index (χ0) is 16.8. The van der Waals surface area contributed by atoms with E-state index in [0.717, 1.165) is 56.2 Å². The number of methoxy groups -OCH3 is 1. The first-order valence-electron chi connectivity index (χ1n) is 8.44. The summed E-state index contributed by atoms with van der Waals surface area (Å²) in [6.07, 6.45) is 2.19. The number of carbonyl (C=O) groups excluding carboxylic acids is 1. The summed E-state index contributed by atoms with van der Waals surface area (Å²) in [5.41, 5.74) is 1.32. The van der Waals surface area contributed by atoms with E-state index in [1.165, 1.54) is 16.9 Å². The Balaban J connectivity index is 1.40. The lowest BCUT2D eigenvalue weighted by molar-refractivity contribution is 0.0641. The molecule has 1 aliphatic heterocycles. The SMILES string of the molecule is COc1cccc(CCCN2CCN(C(=O)c3cccs3)CC2)c1. The predicted molar refractivity (Wildman–Crippen MR) is 98.0 cm³/mol. The molecule has 0 unspecified atom stereocenters. The summed E-state index contributed by atoms with van der Waals surface area (Å²) in [5, 5.41) is 1.96. The van der Waals surface area contributed by atoms with Crippen LogP contribution in [-0.4, -0.2) is 55.5 Å². The van der Waals surface area contributed by atoms with Crippen molar-refractivity contribution < 1.29 is 9.53 Å². The van der Waals surface area contributed by atoms with Crippen LogP contribution in [-0.2, 0) is 6.42 Å². The maximum Gasteiger partial charge on any atom is 0.264 e. The second-order valence-electron chi connectivity index (χ2n) is 6.07. The molecule has 0 bridgehead atoms. The zero-order valence-electron chi connectivity index (χ0n) is 14.1. The molecular formula is C19H24N2O2S. The second kappa shape index (κ2) is 8.31. The van der Waals surface area contributed by atoms with Gasteiger partial charge in [-0.3, -0.25) is 9.69 Å². The number of ether oxygens (including phenoxy) is 1. The van der Waals surface area contributed by atoms with Gasteiger partial charge in [-0.15, -0.1) is 11.3 Å². The topological polar surface area (TPSA) is 32.8 Å². The molecule has 1 aromatic carbocycles. The van der Waals surface area contributed by atoms with Gasteiger partial charge in [0.15, 0.2) is 0 Å². The standard InChI is InChI=1S/C19H24N2O2S/c1-23-17-7-2-5-16(15-17)6-3-9-20-10-12-21(13-11-20)19(22)18-8-4-14-24-18/h2,4-5,7-8,14-15H,3,6,9-13H2,1H3. The van der Waals surface area contributed by atoms with Crippen molar-refractivity contribution in [3.05, 3.63) is 52.2 Å². The van der Waals surface area contributed by atoms with Crippen molar-refractivity contribution in [3.63, 3.8) is 0 Å². The van der Waals surface area contributed by atoms with E-state index in [0.29, 0.717) is 0 Å². The number of nitrogens with zero attached hydrogens (tertiary/aromatic N) is 2. The van der Waals surface area contributed by atoms with E-state index in [-0.39, 0.29) is 5.91 Å². The second-order valence-corrected chi connectivity index (χ2v) is 7.01. The van der Waals surface area contributed by atoms with Crippen molar-refractivity contribution in [1.82, 2.24) is 9.80 Å². The van der Waals surface area contributed by atoms with Gasteiger partial charge >= 0.3 is 0 Å². The molecule has 1 aromatic heterocycles. The van der Waals surface area contributed by atoms with Gasteiger partial charge in [0.25, 0.3) is 5.91 Å². The maximum atomic E-state index is 12.3. The van der Waals surface area contributed by atoms with E-state index in [1.54, 1.807) is 7.11 Å². The third-order valence-corrected chi connectivity index (χ3v) is 5.32. The third kappa shape index (κ3) is 4.36. The minimum atomic E-state index is 0.182. The number of piperazine rings is 1. The Kier molecular flexibility index (Phi) is 5.88. The number of aryl methyl sites for hydroxylation is 1. The highest BCUT2D eigenvalue weighted by atomic mass is 32.1. The van der Waals surface area contributed by atoms with Crippen LogP contribution in [0.25, 0.3) is 0 Å². The van der Waals surface area contributed by atoms with E-state index in [1.807, 2.05) is 34.5 Å². The van der Waals surface area contributed by atoms with Gasteiger partial charge in [0, 0.05) is 26.2 Å². The first-order chi connectivity index (χ1) is 11.8. The van der Waals surface area contributed by atoms with Crippen molar-refractivity contribution >= 4 is 17.2 Å². The molecular weight excluding hydrogens is 320 g/mol. The molecule has 128 valence electrons. The number of benzene rings is 1. The van der Waals surface area contributed by atoms with Gasteiger partial charge < -0.3 is 9.64 Å². The molecule has 1 aliphatic rings. The van der Waals surface area contributed by atoms with Gasteiger partial charge in [-0.25, -0.2) is 0 Å². The fourth-order valence-electron chi connectivity index (χ4n) is 3.07. The monoisotopic (exact) mass is 344 g/mol. The Bertz CT molecular complexity index is 649. The molecule has 1 fully saturated rings. The molecule has 2 aromatic rings. The normalized spacial score (nSPS) is 15.5. The number of amides is 1. The lowest BCUT2D eigenvalue weighted by atomic mass is 10.1. The smallest absolute Gasteiger partial charge is 0.264 e. The Morgan fingerprint density at radius 1 is 1.17 bits per heavy atom. The molecule has 4 nitrogen and oxygen atoms in total. The number of hydrogen-bond donors (Lipinski definition) is 0.